The third kappa shape index (κ3) is 5.23. The number of phenols is 1. The molecule has 1 heterocycles. The number of piperidine rings is 1. The molecule has 0 radical (unpaired) electrons. The molecule has 0 unspecified atom stereocenters. The summed E-state index contributed by atoms with van der Waals surface area (Å²) < 4.78 is 38.0. The van der Waals surface area contributed by atoms with Gasteiger partial charge in [-0.15, -0.1) is 0 Å². The van der Waals surface area contributed by atoms with Gasteiger partial charge in [0.25, 0.3) is 5.91 Å². The number of esters is 1. The van der Waals surface area contributed by atoms with Crippen LogP contribution in [0, 0.1) is 0 Å². The maximum Gasteiger partial charge on any atom is 0.342 e. The number of carbonyl (C=O) groups excluding carboxylic acids is 2. The Hall–Kier alpha value is -3.63. The summed E-state index contributed by atoms with van der Waals surface area (Å²) in [6, 6.07) is 14.4. The number of anilines is 1. The van der Waals surface area contributed by atoms with Gasteiger partial charge < -0.3 is 19.9 Å². The van der Waals surface area contributed by atoms with Crippen molar-refractivity contribution in [3.8, 4) is 11.5 Å². The second-order valence-corrected chi connectivity index (χ2v) is 10.0. The molecule has 10 heteroatoms. The molecule has 3 aromatic carbocycles. The van der Waals surface area contributed by atoms with Gasteiger partial charge in [0.1, 0.15) is 22.0 Å². The number of nitrogens with zero attached hydrogens (tertiary/aromatic N) is 1. The Bertz CT molecular complexity index is 1370. The average molecular weight is 499 g/mol. The molecule has 0 saturated carbocycles. The lowest BCUT2D eigenvalue weighted by Gasteiger charge is -2.26. The fraction of sp³-hybridized carbons (Fsp3) is 0.280. The summed E-state index contributed by atoms with van der Waals surface area (Å²) in [5.41, 5.74) is 0.159. The Morgan fingerprint density at radius 2 is 1.77 bits per heavy atom. The molecular formula is C25H26N2O7S. The molecule has 0 bridgehead atoms. The Morgan fingerprint density at radius 1 is 1.03 bits per heavy atom. The first-order valence-corrected chi connectivity index (χ1v) is 12.6. The molecule has 0 aliphatic carbocycles. The fourth-order valence-corrected chi connectivity index (χ4v) is 5.72. The minimum atomic E-state index is -3.80. The van der Waals surface area contributed by atoms with Gasteiger partial charge in [0.15, 0.2) is 6.61 Å². The highest BCUT2D eigenvalue weighted by molar-refractivity contribution is 7.89. The standard InChI is InChI=1S/C25H26N2O7S/c1-33-21-12-10-18(15-22(21)35(31,32)27-13-5-2-6-14-27)26-23(28)16-34-25(30)20-11-9-17-7-3-4-8-19(17)24(20)29/h3-4,7-12,15,29H,2,5-6,13-14,16H2,1H3,(H,26,28). The molecule has 2 N–H and O–H groups in total. The lowest BCUT2D eigenvalue weighted by molar-refractivity contribution is -0.119. The molecule has 4 rings (SSSR count). The van der Waals surface area contributed by atoms with Crippen LogP contribution in [0.15, 0.2) is 59.5 Å². The monoisotopic (exact) mass is 498 g/mol. The van der Waals surface area contributed by atoms with Crippen LogP contribution in [0.1, 0.15) is 29.6 Å². The predicted molar refractivity (Wildman–Crippen MR) is 130 cm³/mol. The van der Waals surface area contributed by atoms with Crippen LogP contribution in [0.5, 0.6) is 11.5 Å². The van der Waals surface area contributed by atoms with Gasteiger partial charge in [-0.3, -0.25) is 4.79 Å². The number of phenolic OH excluding ortho intramolecular Hbond substituents is 1. The SMILES string of the molecule is COc1ccc(NC(=O)COC(=O)c2ccc3ccccc3c2O)cc1S(=O)(=O)N1CCCCC1. The number of ether oxygens (including phenoxy) is 2. The van der Waals surface area contributed by atoms with E-state index in [0.717, 1.165) is 24.6 Å². The van der Waals surface area contributed by atoms with Gasteiger partial charge in [-0.25, -0.2) is 13.2 Å². The van der Waals surface area contributed by atoms with Gasteiger partial charge in [-0.05, 0) is 42.5 Å². The number of aromatic hydroxyl groups is 1. The van der Waals surface area contributed by atoms with E-state index in [-0.39, 0.29) is 27.6 Å². The zero-order chi connectivity index (χ0) is 25.0. The number of rotatable bonds is 7. The molecule has 1 aliphatic heterocycles. The lowest BCUT2D eigenvalue weighted by atomic mass is 10.1. The predicted octanol–water partition coefficient (Wildman–Crippen LogP) is 3.52. The Morgan fingerprint density at radius 3 is 2.51 bits per heavy atom. The third-order valence-electron chi connectivity index (χ3n) is 5.84. The highest BCUT2D eigenvalue weighted by atomic mass is 32.2. The molecule has 0 aromatic heterocycles. The first-order valence-electron chi connectivity index (χ1n) is 11.2. The summed E-state index contributed by atoms with van der Waals surface area (Å²) >= 11 is 0. The quantitative estimate of drug-likeness (QED) is 0.478. The number of benzene rings is 3. The second kappa shape index (κ2) is 10.3. The van der Waals surface area contributed by atoms with Crippen molar-refractivity contribution >= 4 is 38.4 Å². The lowest BCUT2D eigenvalue weighted by Crippen LogP contribution is -2.35. The number of hydrogen-bond donors (Lipinski definition) is 2. The van der Waals surface area contributed by atoms with Crippen molar-refractivity contribution in [3.63, 3.8) is 0 Å². The fourth-order valence-electron chi connectivity index (χ4n) is 4.03. The van der Waals surface area contributed by atoms with Gasteiger partial charge in [0, 0.05) is 24.2 Å². The maximum absolute atomic E-state index is 13.1. The first kappa shape index (κ1) is 24.5. The van der Waals surface area contributed by atoms with Crippen LogP contribution in [0.25, 0.3) is 10.8 Å². The van der Waals surface area contributed by atoms with E-state index >= 15 is 0 Å². The molecule has 35 heavy (non-hydrogen) atoms. The highest BCUT2D eigenvalue weighted by Gasteiger charge is 2.29. The van der Waals surface area contributed by atoms with Crippen LogP contribution < -0.4 is 10.1 Å². The number of methoxy groups -OCH3 is 1. The van der Waals surface area contributed by atoms with Crippen molar-refractivity contribution in [2.45, 2.75) is 24.2 Å². The van der Waals surface area contributed by atoms with Crippen molar-refractivity contribution in [3.05, 3.63) is 60.2 Å². The van der Waals surface area contributed by atoms with Crippen LogP contribution in [0.3, 0.4) is 0 Å². The van der Waals surface area contributed by atoms with Crippen molar-refractivity contribution in [2.24, 2.45) is 0 Å². The van der Waals surface area contributed by atoms with E-state index in [1.807, 2.05) is 6.07 Å². The van der Waals surface area contributed by atoms with E-state index in [4.69, 9.17) is 9.47 Å². The number of amides is 1. The summed E-state index contributed by atoms with van der Waals surface area (Å²) in [6.07, 6.45) is 2.56. The zero-order valence-corrected chi connectivity index (χ0v) is 20.0. The Kier molecular flexibility index (Phi) is 7.23. The normalized spacial score (nSPS) is 14.4. The molecule has 0 spiro atoms. The van der Waals surface area contributed by atoms with Crippen LogP contribution in [0.2, 0.25) is 0 Å². The van der Waals surface area contributed by atoms with Gasteiger partial charge >= 0.3 is 5.97 Å². The minimum absolute atomic E-state index is 0.0437. The number of fused-ring (bicyclic) bond motifs is 1. The van der Waals surface area contributed by atoms with E-state index in [1.165, 1.54) is 35.7 Å². The molecule has 184 valence electrons. The van der Waals surface area contributed by atoms with Crippen LogP contribution in [0.4, 0.5) is 5.69 Å². The average Bonchev–Trinajstić information content (AvgIpc) is 2.88. The largest absolute Gasteiger partial charge is 0.506 e. The van der Waals surface area contributed by atoms with Crippen molar-refractivity contribution in [1.29, 1.82) is 0 Å². The summed E-state index contributed by atoms with van der Waals surface area (Å²) in [5.74, 6) is -1.57. The van der Waals surface area contributed by atoms with Crippen molar-refractivity contribution in [2.75, 3.05) is 32.1 Å². The molecule has 1 amide bonds. The number of nitrogens with one attached hydrogen (secondary N) is 1. The summed E-state index contributed by atoms with van der Waals surface area (Å²) in [7, 11) is -2.42. The molecule has 0 atom stereocenters. The second-order valence-electron chi connectivity index (χ2n) is 8.14. The zero-order valence-electron chi connectivity index (χ0n) is 19.2. The highest BCUT2D eigenvalue weighted by Crippen LogP contribution is 2.31. The van der Waals surface area contributed by atoms with Crippen LogP contribution >= 0.6 is 0 Å². The van der Waals surface area contributed by atoms with E-state index in [9.17, 15) is 23.1 Å². The molecule has 1 aliphatic rings. The van der Waals surface area contributed by atoms with Gasteiger partial charge in [0.2, 0.25) is 10.0 Å². The van der Waals surface area contributed by atoms with Gasteiger partial charge in [0.05, 0.1) is 7.11 Å². The number of carbonyl (C=O) groups is 2. The summed E-state index contributed by atoms with van der Waals surface area (Å²) in [6.45, 7) is 0.241. The van der Waals surface area contributed by atoms with Crippen molar-refractivity contribution < 1.29 is 32.6 Å². The topological polar surface area (TPSA) is 122 Å². The first-order chi connectivity index (χ1) is 16.8. The Balaban J connectivity index is 1.45. The van der Waals surface area contributed by atoms with E-state index < -0.39 is 28.5 Å². The number of sulfonamides is 1. The smallest absolute Gasteiger partial charge is 0.342 e. The minimum Gasteiger partial charge on any atom is -0.506 e. The van der Waals surface area contributed by atoms with E-state index in [1.54, 1.807) is 24.3 Å². The van der Waals surface area contributed by atoms with E-state index in [2.05, 4.69) is 5.32 Å². The summed E-state index contributed by atoms with van der Waals surface area (Å²) in [4.78, 5) is 24.8. The maximum atomic E-state index is 13.1. The van der Waals surface area contributed by atoms with Gasteiger partial charge in [-0.2, -0.15) is 4.31 Å². The van der Waals surface area contributed by atoms with Crippen LogP contribution in [-0.4, -0.2) is 56.5 Å². The number of hydrogen-bond acceptors (Lipinski definition) is 7. The summed E-state index contributed by atoms with van der Waals surface area (Å²) in [5, 5.41) is 14.2. The molecule has 3 aromatic rings. The molecule has 1 fully saturated rings. The van der Waals surface area contributed by atoms with E-state index in [0.29, 0.717) is 18.5 Å². The van der Waals surface area contributed by atoms with Crippen LogP contribution in [-0.2, 0) is 19.6 Å². The molecule has 9 nitrogen and oxygen atoms in total. The third-order valence-corrected chi connectivity index (χ3v) is 7.75. The van der Waals surface area contributed by atoms with Gasteiger partial charge in [-0.1, -0.05) is 36.8 Å². The molecule has 1 saturated heterocycles. The van der Waals surface area contributed by atoms with Crippen molar-refractivity contribution in [1.82, 2.24) is 4.31 Å². The molecular weight excluding hydrogens is 472 g/mol. The Labute approximate surface area is 203 Å².